The standard InChI is InChI=1S/C16H25ClN2O2S/c1-12(2)19-8-6-14(7-9-19)11-18-22(20,21)15-5-4-13(3)16(17)10-15/h4-5,10,12,14,18H,6-9,11H2,1-3H3. The summed E-state index contributed by atoms with van der Waals surface area (Å²) in [5, 5.41) is 0.480. The maximum atomic E-state index is 12.3. The lowest BCUT2D eigenvalue weighted by atomic mass is 9.96. The summed E-state index contributed by atoms with van der Waals surface area (Å²) >= 11 is 6.02. The van der Waals surface area contributed by atoms with E-state index in [1.165, 1.54) is 6.07 Å². The minimum Gasteiger partial charge on any atom is -0.301 e. The van der Waals surface area contributed by atoms with Crippen molar-refractivity contribution in [3.05, 3.63) is 28.8 Å². The number of nitrogens with one attached hydrogen (secondary N) is 1. The van der Waals surface area contributed by atoms with E-state index >= 15 is 0 Å². The average Bonchev–Trinajstić information content (AvgIpc) is 2.48. The fourth-order valence-electron chi connectivity index (χ4n) is 2.73. The molecule has 1 fully saturated rings. The van der Waals surface area contributed by atoms with Gasteiger partial charge in [0.05, 0.1) is 4.90 Å². The molecule has 0 atom stereocenters. The molecule has 1 aliphatic rings. The van der Waals surface area contributed by atoms with Gasteiger partial charge < -0.3 is 4.90 Å². The van der Waals surface area contributed by atoms with Gasteiger partial charge >= 0.3 is 0 Å². The van der Waals surface area contributed by atoms with E-state index in [0.717, 1.165) is 31.5 Å². The van der Waals surface area contributed by atoms with Gasteiger partial charge in [0, 0.05) is 17.6 Å². The van der Waals surface area contributed by atoms with Crippen molar-refractivity contribution < 1.29 is 8.42 Å². The number of halogens is 1. The molecular weight excluding hydrogens is 320 g/mol. The number of aryl methyl sites for hydroxylation is 1. The first-order valence-electron chi connectivity index (χ1n) is 7.79. The molecule has 124 valence electrons. The molecule has 1 heterocycles. The Morgan fingerprint density at radius 2 is 1.95 bits per heavy atom. The molecule has 22 heavy (non-hydrogen) atoms. The molecule has 0 unspecified atom stereocenters. The summed E-state index contributed by atoms with van der Waals surface area (Å²) in [4.78, 5) is 2.67. The Hall–Kier alpha value is -0.620. The summed E-state index contributed by atoms with van der Waals surface area (Å²) in [6.45, 7) is 8.84. The molecule has 0 spiro atoms. The number of sulfonamides is 1. The minimum atomic E-state index is -3.48. The van der Waals surface area contributed by atoms with E-state index in [2.05, 4.69) is 23.5 Å². The van der Waals surface area contributed by atoms with Crippen LogP contribution in [0.3, 0.4) is 0 Å². The third-order valence-electron chi connectivity index (χ3n) is 4.40. The number of rotatable bonds is 5. The fraction of sp³-hybridized carbons (Fsp3) is 0.625. The van der Waals surface area contributed by atoms with E-state index < -0.39 is 10.0 Å². The van der Waals surface area contributed by atoms with Crippen molar-refractivity contribution in [1.82, 2.24) is 9.62 Å². The second-order valence-electron chi connectivity index (χ2n) is 6.34. The maximum absolute atomic E-state index is 12.3. The van der Waals surface area contributed by atoms with Crippen molar-refractivity contribution in [2.45, 2.75) is 44.6 Å². The Kier molecular flexibility index (Phi) is 5.88. The van der Waals surface area contributed by atoms with Crippen molar-refractivity contribution in [2.75, 3.05) is 19.6 Å². The number of hydrogen-bond acceptors (Lipinski definition) is 3. The Balaban J connectivity index is 1.92. The molecule has 0 amide bonds. The van der Waals surface area contributed by atoms with Gasteiger partial charge in [-0.3, -0.25) is 0 Å². The predicted molar refractivity (Wildman–Crippen MR) is 90.8 cm³/mol. The molecule has 2 rings (SSSR count). The SMILES string of the molecule is Cc1ccc(S(=O)(=O)NCC2CCN(C(C)C)CC2)cc1Cl. The van der Waals surface area contributed by atoms with Crippen molar-refractivity contribution in [3.63, 3.8) is 0 Å². The molecule has 1 aliphatic heterocycles. The van der Waals surface area contributed by atoms with Crippen LogP contribution in [0.2, 0.25) is 5.02 Å². The zero-order valence-electron chi connectivity index (χ0n) is 13.5. The van der Waals surface area contributed by atoms with Crippen molar-refractivity contribution in [3.8, 4) is 0 Å². The van der Waals surface area contributed by atoms with Crippen LogP contribution in [-0.2, 0) is 10.0 Å². The van der Waals surface area contributed by atoms with Crippen LogP contribution in [0.5, 0.6) is 0 Å². The van der Waals surface area contributed by atoms with Crippen molar-refractivity contribution in [2.24, 2.45) is 5.92 Å². The summed E-state index contributed by atoms with van der Waals surface area (Å²) in [7, 11) is -3.48. The third-order valence-corrected chi connectivity index (χ3v) is 6.22. The summed E-state index contributed by atoms with van der Waals surface area (Å²) in [5.41, 5.74) is 0.877. The first-order valence-corrected chi connectivity index (χ1v) is 9.65. The summed E-state index contributed by atoms with van der Waals surface area (Å²) < 4.78 is 27.4. The lowest BCUT2D eigenvalue weighted by Crippen LogP contribution is -2.41. The van der Waals surface area contributed by atoms with E-state index in [9.17, 15) is 8.42 Å². The topological polar surface area (TPSA) is 49.4 Å². The smallest absolute Gasteiger partial charge is 0.240 e. The zero-order valence-corrected chi connectivity index (χ0v) is 15.0. The van der Waals surface area contributed by atoms with Crippen LogP contribution in [-0.4, -0.2) is 39.0 Å². The minimum absolute atomic E-state index is 0.239. The van der Waals surface area contributed by atoms with Crippen LogP contribution >= 0.6 is 11.6 Å². The maximum Gasteiger partial charge on any atom is 0.240 e. The lowest BCUT2D eigenvalue weighted by Gasteiger charge is -2.34. The monoisotopic (exact) mass is 344 g/mol. The van der Waals surface area contributed by atoms with Gasteiger partial charge in [0.1, 0.15) is 0 Å². The third kappa shape index (κ3) is 4.44. The number of benzene rings is 1. The first-order chi connectivity index (χ1) is 10.3. The Morgan fingerprint density at radius 3 is 2.50 bits per heavy atom. The molecule has 0 saturated carbocycles. The second-order valence-corrected chi connectivity index (χ2v) is 8.51. The highest BCUT2D eigenvalue weighted by Gasteiger charge is 2.23. The fourth-order valence-corrected chi connectivity index (χ4v) is 4.11. The van der Waals surface area contributed by atoms with Gasteiger partial charge in [0.2, 0.25) is 10.0 Å². The highest BCUT2D eigenvalue weighted by atomic mass is 35.5. The van der Waals surface area contributed by atoms with E-state index in [0.29, 0.717) is 23.5 Å². The van der Waals surface area contributed by atoms with Gasteiger partial charge in [0.15, 0.2) is 0 Å². The van der Waals surface area contributed by atoms with Crippen LogP contribution in [0.25, 0.3) is 0 Å². The number of hydrogen-bond donors (Lipinski definition) is 1. The van der Waals surface area contributed by atoms with E-state index in [4.69, 9.17) is 11.6 Å². The molecule has 1 saturated heterocycles. The van der Waals surface area contributed by atoms with Gasteiger partial charge in [-0.05, 0) is 70.3 Å². The van der Waals surface area contributed by atoms with E-state index in [1.54, 1.807) is 12.1 Å². The summed E-state index contributed by atoms with van der Waals surface area (Å²) in [6.07, 6.45) is 2.07. The Morgan fingerprint density at radius 1 is 1.32 bits per heavy atom. The van der Waals surface area contributed by atoms with Gasteiger partial charge in [-0.15, -0.1) is 0 Å². The Bertz CT molecular complexity index is 609. The van der Waals surface area contributed by atoms with Gasteiger partial charge in [-0.2, -0.15) is 0 Å². The molecule has 0 aromatic heterocycles. The quantitative estimate of drug-likeness (QED) is 0.893. The molecule has 6 heteroatoms. The average molecular weight is 345 g/mol. The number of nitrogens with zero attached hydrogens (tertiary/aromatic N) is 1. The Labute approximate surface area is 138 Å². The molecule has 1 N–H and O–H groups in total. The van der Waals surface area contributed by atoms with E-state index in [-0.39, 0.29) is 4.90 Å². The van der Waals surface area contributed by atoms with Gasteiger partial charge in [-0.1, -0.05) is 17.7 Å². The normalized spacial score (nSPS) is 18.0. The van der Waals surface area contributed by atoms with Crippen LogP contribution < -0.4 is 4.72 Å². The number of piperidine rings is 1. The van der Waals surface area contributed by atoms with E-state index in [1.807, 2.05) is 6.92 Å². The predicted octanol–water partition coefficient (Wildman–Crippen LogP) is 3.05. The van der Waals surface area contributed by atoms with Crippen LogP contribution in [0.1, 0.15) is 32.3 Å². The molecule has 0 aliphatic carbocycles. The summed E-state index contributed by atoms with van der Waals surface area (Å²) in [5.74, 6) is 0.408. The second kappa shape index (κ2) is 7.30. The van der Waals surface area contributed by atoms with Crippen LogP contribution in [0.4, 0.5) is 0 Å². The number of likely N-dealkylation sites (tertiary alicyclic amines) is 1. The van der Waals surface area contributed by atoms with Crippen LogP contribution in [0, 0.1) is 12.8 Å². The lowest BCUT2D eigenvalue weighted by molar-refractivity contribution is 0.151. The van der Waals surface area contributed by atoms with Crippen LogP contribution in [0.15, 0.2) is 23.1 Å². The molecule has 1 aromatic rings. The highest BCUT2D eigenvalue weighted by Crippen LogP contribution is 2.21. The largest absolute Gasteiger partial charge is 0.301 e. The zero-order chi connectivity index (χ0) is 16.3. The summed E-state index contributed by atoms with van der Waals surface area (Å²) in [6, 6.07) is 5.41. The van der Waals surface area contributed by atoms with Crippen molar-refractivity contribution >= 4 is 21.6 Å². The molecule has 0 bridgehead atoms. The molecular formula is C16H25ClN2O2S. The van der Waals surface area contributed by atoms with Gasteiger partial charge in [0.25, 0.3) is 0 Å². The molecule has 1 aromatic carbocycles. The molecule has 0 radical (unpaired) electrons. The van der Waals surface area contributed by atoms with Gasteiger partial charge in [-0.25, -0.2) is 13.1 Å². The first kappa shape index (κ1) is 17.7. The van der Waals surface area contributed by atoms with Crippen molar-refractivity contribution in [1.29, 1.82) is 0 Å². The highest BCUT2D eigenvalue weighted by molar-refractivity contribution is 7.89. The molecule has 4 nitrogen and oxygen atoms in total.